The Morgan fingerprint density at radius 3 is 2.50 bits per heavy atom. The molecule has 0 aliphatic rings. The minimum absolute atomic E-state index is 0. The van der Waals surface area contributed by atoms with Crippen molar-refractivity contribution in [2.75, 3.05) is 13.1 Å². The van der Waals surface area contributed by atoms with Gasteiger partial charge in [0.2, 0.25) is 10.0 Å². The van der Waals surface area contributed by atoms with Crippen molar-refractivity contribution in [2.24, 2.45) is 5.14 Å². The van der Waals surface area contributed by atoms with Gasteiger partial charge >= 0.3 is 0 Å². The quantitative estimate of drug-likeness (QED) is 0.657. The smallest absolute Gasteiger partial charge is 0.251 e. The first kappa shape index (κ1) is 21.3. The fourth-order valence-corrected chi connectivity index (χ4v) is 3.38. The highest BCUT2D eigenvalue weighted by molar-refractivity contribution is 9.10. The highest BCUT2D eigenvalue weighted by atomic mass is 79.9. The van der Waals surface area contributed by atoms with Crippen molar-refractivity contribution in [3.63, 3.8) is 0 Å². The third-order valence-electron chi connectivity index (χ3n) is 3.00. The summed E-state index contributed by atoms with van der Waals surface area (Å²) in [5.41, 5.74) is 0.631. The van der Waals surface area contributed by atoms with Gasteiger partial charge in [0.1, 0.15) is 0 Å². The van der Waals surface area contributed by atoms with E-state index in [1.165, 1.54) is 6.07 Å². The van der Waals surface area contributed by atoms with Gasteiger partial charge in [-0.25, -0.2) is 13.6 Å². The van der Waals surface area contributed by atoms with Crippen molar-refractivity contribution < 1.29 is 13.2 Å². The second-order valence-electron chi connectivity index (χ2n) is 4.79. The predicted octanol–water partition coefficient (Wildman–Crippen LogP) is 1.55. The number of carbonyl (C=O) groups is 1. The summed E-state index contributed by atoms with van der Waals surface area (Å²) in [5, 5.41) is 11.1. The predicted molar refractivity (Wildman–Crippen MR) is 93.0 cm³/mol. The summed E-state index contributed by atoms with van der Waals surface area (Å²) >= 11 is 3.20. The summed E-state index contributed by atoms with van der Waals surface area (Å²) < 4.78 is 23.6. The Bertz CT molecular complexity index is 638. The molecule has 0 aliphatic carbocycles. The van der Waals surface area contributed by atoms with Gasteiger partial charge in [-0.15, -0.1) is 12.4 Å². The van der Waals surface area contributed by atoms with Crippen LogP contribution in [0.1, 0.15) is 29.8 Å². The monoisotopic (exact) mass is 413 g/mol. The van der Waals surface area contributed by atoms with Gasteiger partial charge in [0, 0.05) is 22.6 Å². The van der Waals surface area contributed by atoms with Crippen LogP contribution in [0.3, 0.4) is 0 Å². The zero-order valence-corrected chi connectivity index (χ0v) is 15.9. The minimum Gasteiger partial charge on any atom is -0.350 e. The molecule has 1 rings (SSSR count). The summed E-state index contributed by atoms with van der Waals surface area (Å²) in [6, 6.07) is 3.10. The van der Waals surface area contributed by atoms with Crippen LogP contribution >= 0.6 is 28.3 Å². The molecule has 0 bridgehead atoms. The second kappa shape index (κ2) is 8.83. The molecule has 9 heteroatoms. The Kier molecular flexibility index (Phi) is 8.56. The van der Waals surface area contributed by atoms with Crippen molar-refractivity contribution in [2.45, 2.75) is 31.7 Å². The SMILES string of the molecule is CCN[C@H](C)CNC(=O)c1cc(Br)cc(S(N)(=O)=O)c1C.Cl. The lowest BCUT2D eigenvalue weighted by Gasteiger charge is -2.15. The van der Waals surface area contributed by atoms with Crippen LogP contribution in [0.4, 0.5) is 0 Å². The van der Waals surface area contributed by atoms with E-state index in [9.17, 15) is 13.2 Å². The molecule has 0 unspecified atom stereocenters. The number of hydrogen-bond donors (Lipinski definition) is 3. The zero-order chi connectivity index (χ0) is 16.2. The van der Waals surface area contributed by atoms with E-state index in [-0.39, 0.29) is 34.8 Å². The average Bonchev–Trinajstić information content (AvgIpc) is 2.37. The van der Waals surface area contributed by atoms with E-state index >= 15 is 0 Å². The van der Waals surface area contributed by atoms with Crippen LogP contribution in [0.5, 0.6) is 0 Å². The van der Waals surface area contributed by atoms with E-state index in [2.05, 4.69) is 26.6 Å². The normalized spacial score (nSPS) is 12.4. The summed E-state index contributed by atoms with van der Waals surface area (Å²) in [4.78, 5) is 12.2. The topological polar surface area (TPSA) is 101 Å². The first-order chi connectivity index (χ1) is 9.66. The van der Waals surface area contributed by atoms with Crippen LogP contribution in [0.25, 0.3) is 0 Å². The lowest BCUT2D eigenvalue weighted by Crippen LogP contribution is -2.39. The Labute approximate surface area is 145 Å². The molecule has 0 spiro atoms. The van der Waals surface area contributed by atoms with Crippen molar-refractivity contribution in [3.8, 4) is 0 Å². The summed E-state index contributed by atoms with van der Waals surface area (Å²) in [6.07, 6.45) is 0. The van der Waals surface area contributed by atoms with E-state index in [1.807, 2.05) is 13.8 Å². The van der Waals surface area contributed by atoms with Gasteiger partial charge in [0.05, 0.1) is 4.90 Å². The number of likely N-dealkylation sites (N-methyl/N-ethyl adjacent to an activating group) is 1. The number of halogens is 2. The maximum Gasteiger partial charge on any atom is 0.251 e. The number of nitrogens with two attached hydrogens (primary N) is 1. The number of nitrogens with one attached hydrogen (secondary N) is 2. The lowest BCUT2D eigenvalue weighted by atomic mass is 10.1. The van der Waals surface area contributed by atoms with Crippen molar-refractivity contribution in [1.82, 2.24) is 10.6 Å². The first-order valence-electron chi connectivity index (χ1n) is 6.51. The molecule has 4 N–H and O–H groups in total. The van der Waals surface area contributed by atoms with Gasteiger partial charge < -0.3 is 10.6 Å². The minimum atomic E-state index is -3.87. The standard InChI is InChI=1S/C13H20BrN3O3S.ClH/c1-4-16-8(2)7-17-13(18)11-5-10(14)6-12(9(11)3)21(15,19)20;/h5-6,8,16H,4,7H2,1-3H3,(H,17,18)(H2,15,19,20);1H/t8-;/m1./s1. The second-order valence-corrected chi connectivity index (χ2v) is 7.24. The number of primary sulfonamides is 1. The molecule has 0 radical (unpaired) electrons. The van der Waals surface area contributed by atoms with Gasteiger partial charge in [-0.1, -0.05) is 22.9 Å². The number of sulfonamides is 1. The largest absolute Gasteiger partial charge is 0.350 e. The Morgan fingerprint density at radius 1 is 1.41 bits per heavy atom. The molecule has 22 heavy (non-hydrogen) atoms. The van der Waals surface area contributed by atoms with Gasteiger partial charge in [-0.2, -0.15) is 0 Å². The number of rotatable bonds is 6. The van der Waals surface area contributed by atoms with E-state index in [4.69, 9.17) is 5.14 Å². The van der Waals surface area contributed by atoms with E-state index in [0.29, 0.717) is 16.6 Å². The molecule has 0 aliphatic heterocycles. The lowest BCUT2D eigenvalue weighted by molar-refractivity contribution is 0.0949. The summed E-state index contributed by atoms with van der Waals surface area (Å²) in [6.45, 7) is 6.75. The van der Waals surface area contributed by atoms with Crippen LogP contribution < -0.4 is 15.8 Å². The summed E-state index contributed by atoms with van der Waals surface area (Å²) in [7, 11) is -3.87. The molecule has 6 nitrogen and oxygen atoms in total. The number of amides is 1. The van der Waals surface area contributed by atoms with Gasteiger partial charge in [-0.3, -0.25) is 4.79 Å². The van der Waals surface area contributed by atoms with E-state index in [1.54, 1.807) is 13.0 Å². The van der Waals surface area contributed by atoms with E-state index < -0.39 is 10.0 Å². The maximum absolute atomic E-state index is 12.2. The average molecular weight is 415 g/mol. The fourth-order valence-electron chi connectivity index (χ4n) is 1.95. The molecule has 126 valence electrons. The van der Waals surface area contributed by atoms with Crippen LogP contribution in [-0.4, -0.2) is 33.5 Å². The third-order valence-corrected chi connectivity index (χ3v) is 4.49. The Morgan fingerprint density at radius 2 is 2.00 bits per heavy atom. The van der Waals surface area contributed by atoms with Crippen LogP contribution in [-0.2, 0) is 10.0 Å². The van der Waals surface area contributed by atoms with Crippen LogP contribution in [0.2, 0.25) is 0 Å². The zero-order valence-electron chi connectivity index (χ0n) is 12.6. The highest BCUT2D eigenvalue weighted by Crippen LogP contribution is 2.24. The first-order valence-corrected chi connectivity index (χ1v) is 8.85. The molecule has 0 aromatic heterocycles. The summed E-state index contributed by atoms with van der Waals surface area (Å²) in [5.74, 6) is -0.330. The molecule has 1 amide bonds. The number of benzene rings is 1. The molecule has 1 aromatic carbocycles. The Hall–Kier alpha value is -0.670. The highest BCUT2D eigenvalue weighted by Gasteiger charge is 2.19. The van der Waals surface area contributed by atoms with E-state index in [0.717, 1.165) is 6.54 Å². The molecule has 0 heterocycles. The maximum atomic E-state index is 12.2. The third kappa shape index (κ3) is 5.85. The number of hydrogen-bond acceptors (Lipinski definition) is 4. The molecule has 1 atom stereocenters. The fraction of sp³-hybridized carbons (Fsp3) is 0.462. The molecule has 0 saturated heterocycles. The molecule has 0 fully saturated rings. The van der Waals surface area contributed by atoms with Gasteiger partial charge in [0.15, 0.2) is 0 Å². The van der Waals surface area contributed by atoms with Crippen LogP contribution in [0.15, 0.2) is 21.5 Å². The van der Waals surface area contributed by atoms with Crippen LogP contribution in [0, 0.1) is 6.92 Å². The molecule has 1 aromatic rings. The molecular weight excluding hydrogens is 394 g/mol. The molecule has 0 saturated carbocycles. The van der Waals surface area contributed by atoms with Crippen molar-refractivity contribution in [3.05, 3.63) is 27.7 Å². The molecular formula is C13H21BrClN3O3S. The Balaban J connectivity index is 0.00000441. The number of carbonyl (C=O) groups excluding carboxylic acids is 1. The van der Waals surface area contributed by atoms with Crippen molar-refractivity contribution in [1.29, 1.82) is 0 Å². The van der Waals surface area contributed by atoms with Gasteiger partial charge in [0.25, 0.3) is 5.91 Å². The van der Waals surface area contributed by atoms with Gasteiger partial charge in [-0.05, 0) is 38.1 Å². The van der Waals surface area contributed by atoms with Crippen molar-refractivity contribution >= 4 is 44.3 Å².